The zero-order valence-electron chi connectivity index (χ0n) is 25.1. The Balaban J connectivity index is 1.33. The molecule has 2 aliphatic rings. The normalized spacial score (nSPS) is 20.7. The number of nitrogens with zero attached hydrogens (tertiary/aromatic N) is 7. The molecule has 13 heteroatoms. The van der Waals surface area contributed by atoms with Gasteiger partial charge in [0.1, 0.15) is 40.3 Å². The summed E-state index contributed by atoms with van der Waals surface area (Å²) in [7, 11) is 3.95. The van der Waals surface area contributed by atoms with E-state index in [0.29, 0.717) is 33.7 Å². The Morgan fingerprint density at radius 1 is 1.11 bits per heavy atom. The zero-order valence-corrected chi connectivity index (χ0v) is 26.6. The first-order valence-electron chi connectivity index (χ1n) is 14.3. The van der Waals surface area contributed by atoms with Crippen LogP contribution in [0.5, 0.6) is 0 Å². The highest BCUT2D eigenvalue weighted by atomic mass is 79.9. The van der Waals surface area contributed by atoms with Gasteiger partial charge in [0.25, 0.3) is 0 Å². The summed E-state index contributed by atoms with van der Waals surface area (Å²) in [4.78, 5) is 56.8. The Kier molecular flexibility index (Phi) is 7.57. The van der Waals surface area contributed by atoms with Crippen molar-refractivity contribution in [3.8, 4) is 11.1 Å². The number of Topliss-reactive ketones (excluding diaryl/α,β-unsaturated/α-hetero) is 1. The molecule has 1 aliphatic carbocycles. The lowest BCUT2D eigenvalue weighted by Crippen LogP contribution is -2.47. The summed E-state index contributed by atoms with van der Waals surface area (Å²) in [6.07, 6.45) is 4.33. The molecular weight excluding hydrogens is 631 g/mol. The molecule has 0 unspecified atom stereocenters. The molecule has 0 radical (unpaired) electrons. The van der Waals surface area contributed by atoms with Gasteiger partial charge in [-0.25, -0.2) is 19.3 Å². The van der Waals surface area contributed by atoms with Crippen molar-refractivity contribution in [3.05, 3.63) is 64.2 Å². The number of fused-ring (bicyclic) bond motifs is 2. The van der Waals surface area contributed by atoms with E-state index < -0.39 is 17.6 Å². The minimum Gasteiger partial charge on any atom is -0.325 e. The summed E-state index contributed by atoms with van der Waals surface area (Å²) in [6, 6.07) is 6.01. The topological polar surface area (TPSA) is 126 Å². The van der Waals surface area contributed by atoms with Crippen molar-refractivity contribution in [1.82, 2.24) is 34.5 Å². The second kappa shape index (κ2) is 11.1. The molecule has 2 fully saturated rings. The molecule has 3 aromatic heterocycles. The summed E-state index contributed by atoms with van der Waals surface area (Å²) in [5, 5.41) is 7.35. The van der Waals surface area contributed by atoms with E-state index in [2.05, 4.69) is 46.2 Å². The van der Waals surface area contributed by atoms with E-state index in [9.17, 15) is 14.4 Å². The maximum Gasteiger partial charge on any atom is 0.248 e. The van der Waals surface area contributed by atoms with Crippen LogP contribution in [-0.2, 0) is 16.1 Å². The number of anilines is 1. The largest absolute Gasteiger partial charge is 0.325 e. The first kappa shape index (κ1) is 29.9. The minimum atomic E-state index is -0.722. The number of hydrogen-bond acceptors (Lipinski definition) is 8. The molecule has 3 atom stereocenters. The van der Waals surface area contributed by atoms with Crippen LogP contribution in [0.3, 0.4) is 0 Å². The molecule has 1 aliphatic heterocycles. The van der Waals surface area contributed by atoms with Crippen LogP contribution >= 0.6 is 15.9 Å². The van der Waals surface area contributed by atoms with Gasteiger partial charge in [-0.1, -0.05) is 6.07 Å². The standard InChI is InChI=1S/C31H32BrFN8O3/c1-16-6-9-24(32)36-29(16)37-30(44)22-10-31(15-39(4)5)11-23(31)41(22)25(43)14-40-21-8-7-20(19-12-34-18(3)35-13-19)27(33)26(21)28(38-40)17(2)42/h6-9,12-13,22-23H,10-11,14-15H2,1-5H3,(H,36,37,44)/t22-,23-,31+/m0/s1. The Bertz CT molecular complexity index is 1820. The molecule has 0 spiro atoms. The SMILES string of the molecule is CC(=O)c1nn(CC(=O)N2[C@H]3C[C@@]3(CN(C)C)C[C@H]2C(=O)Nc2nc(Br)ccc2C)c2ccc(-c3cnc(C)nc3)c(F)c12. The van der Waals surface area contributed by atoms with E-state index in [-0.39, 0.29) is 46.5 Å². The van der Waals surface area contributed by atoms with Gasteiger partial charge in [0.05, 0.1) is 10.9 Å². The second-order valence-electron chi connectivity index (χ2n) is 12.0. The van der Waals surface area contributed by atoms with Crippen LogP contribution in [0, 0.1) is 25.1 Å². The molecule has 2 amide bonds. The maximum absolute atomic E-state index is 16.0. The van der Waals surface area contributed by atoms with Gasteiger partial charge in [0, 0.05) is 48.4 Å². The van der Waals surface area contributed by atoms with Crippen molar-refractivity contribution in [3.63, 3.8) is 0 Å². The third kappa shape index (κ3) is 5.28. The number of halogens is 2. The number of aromatic nitrogens is 5. The number of carbonyl (C=O) groups excluding carboxylic acids is 3. The van der Waals surface area contributed by atoms with Crippen molar-refractivity contribution >= 4 is 50.2 Å². The quantitative estimate of drug-likeness (QED) is 0.220. The van der Waals surface area contributed by atoms with E-state index in [1.54, 1.807) is 30.0 Å². The Morgan fingerprint density at radius 3 is 2.52 bits per heavy atom. The van der Waals surface area contributed by atoms with Gasteiger partial charge in [-0.15, -0.1) is 0 Å². The summed E-state index contributed by atoms with van der Waals surface area (Å²) in [6.45, 7) is 5.37. The van der Waals surface area contributed by atoms with Gasteiger partial charge in [0.2, 0.25) is 11.8 Å². The molecule has 6 rings (SSSR count). The van der Waals surface area contributed by atoms with E-state index in [4.69, 9.17) is 0 Å². The van der Waals surface area contributed by atoms with Gasteiger partial charge in [-0.3, -0.25) is 19.1 Å². The van der Waals surface area contributed by atoms with Crippen LogP contribution in [0.1, 0.15) is 41.6 Å². The zero-order chi connectivity index (χ0) is 31.5. The molecule has 4 aromatic rings. The van der Waals surface area contributed by atoms with Crippen molar-refractivity contribution in [2.45, 2.75) is 52.2 Å². The van der Waals surface area contributed by atoms with Crippen molar-refractivity contribution in [2.75, 3.05) is 26.0 Å². The molecular formula is C31H32BrFN8O3. The predicted molar refractivity (Wildman–Crippen MR) is 165 cm³/mol. The van der Waals surface area contributed by atoms with Crippen LogP contribution in [0.2, 0.25) is 0 Å². The summed E-state index contributed by atoms with van der Waals surface area (Å²) in [5.74, 6) is -0.742. The number of benzene rings is 1. The molecule has 1 N–H and O–H groups in total. The van der Waals surface area contributed by atoms with Crippen molar-refractivity contribution in [2.24, 2.45) is 5.41 Å². The molecule has 0 bridgehead atoms. The van der Waals surface area contributed by atoms with Gasteiger partial charge in [-0.2, -0.15) is 5.10 Å². The fourth-order valence-electron chi connectivity index (χ4n) is 6.46. The van der Waals surface area contributed by atoms with Gasteiger partial charge in [0.15, 0.2) is 5.78 Å². The molecule has 1 saturated carbocycles. The predicted octanol–water partition coefficient (Wildman–Crippen LogP) is 4.17. The monoisotopic (exact) mass is 662 g/mol. The van der Waals surface area contributed by atoms with Crippen molar-refractivity contribution in [1.29, 1.82) is 0 Å². The van der Waals surface area contributed by atoms with E-state index in [0.717, 1.165) is 18.5 Å². The average molecular weight is 664 g/mol. The fourth-order valence-corrected chi connectivity index (χ4v) is 6.77. The highest BCUT2D eigenvalue weighted by molar-refractivity contribution is 9.10. The molecule has 4 heterocycles. The number of nitrogens with one attached hydrogen (secondary N) is 1. The number of ketones is 1. The number of aryl methyl sites for hydroxylation is 2. The van der Waals surface area contributed by atoms with Gasteiger partial charge in [-0.05, 0) is 80.5 Å². The first-order chi connectivity index (χ1) is 20.9. The highest BCUT2D eigenvalue weighted by Gasteiger charge is 2.67. The van der Waals surface area contributed by atoms with E-state index in [1.807, 2.05) is 27.1 Å². The molecule has 1 aromatic carbocycles. The smallest absolute Gasteiger partial charge is 0.248 e. The number of hydrogen-bond donors (Lipinski definition) is 1. The molecule has 228 valence electrons. The van der Waals surface area contributed by atoms with Crippen LogP contribution in [0.15, 0.2) is 41.3 Å². The molecule has 11 nitrogen and oxygen atoms in total. The van der Waals surface area contributed by atoms with Crippen LogP contribution < -0.4 is 5.32 Å². The number of rotatable bonds is 8. The summed E-state index contributed by atoms with van der Waals surface area (Å²) >= 11 is 3.35. The summed E-state index contributed by atoms with van der Waals surface area (Å²) < 4.78 is 17.9. The molecule has 44 heavy (non-hydrogen) atoms. The lowest BCUT2D eigenvalue weighted by molar-refractivity contribution is -0.138. The number of pyridine rings is 1. The highest BCUT2D eigenvalue weighted by Crippen LogP contribution is 2.60. The lowest BCUT2D eigenvalue weighted by atomic mass is 9.98. The van der Waals surface area contributed by atoms with E-state index >= 15 is 4.39 Å². The fraction of sp³-hybridized carbons (Fsp3) is 0.387. The minimum absolute atomic E-state index is 0.0312. The number of piperidine rings is 1. The van der Waals surface area contributed by atoms with Crippen molar-refractivity contribution < 1.29 is 18.8 Å². The average Bonchev–Trinajstić information content (AvgIpc) is 3.34. The number of amides is 2. The Morgan fingerprint density at radius 2 is 1.84 bits per heavy atom. The lowest BCUT2D eigenvalue weighted by Gasteiger charge is -2.27. The maximum atomic E-state index is 16.0. The van der Waals surface area contributed by atoms with Crippen LogP contribution in [0.4, 0.5) is 10.2 Å². The van der Waals surface area contributed by atoms with E-state index in [1.165, 1.54) is 24.0 Å². The number of likely N-dealkylation sites (tertiary alicyclic amines) is 1. The van der Waals surface area contributed by atoms with Crippen LogP contribution in [-0.4, -0.2) is 84.9 Å². The Labute approximate surface area is 262 Å². The van der Waals surface area contributed by atoms with Gasteiger partial charge < -0.3 is 15.1 Å². The summed E-state index contributed by atoms with van der Waals surface area (Å²) in [5.41, 5.74) is 1.52. The van der Waals surface area contributed by atoms with Gasteiger partial charge >= 0.3 is 0 Å². The third-order valence-electron chi connectivity index (χ3n) is 8.51. The second-order valence-corrected chi connectivity index (χ2v) is 12.8. The number of carbonyl (C=O) groups is 3. The van der Waals surface area contributed by atoms with Crippen LogP contribution in [0.25, 0.3) is 22.0 Å². The third-order valence-corrected chi connectivity index (χ3v) is 8.95. The molecule has 1 saturated heterocycles. The Hall–Kier alpha value is -4.10. The first-order valence-corrected chi connectivity index (χ1v) is 15.1.